The van der Waals surface area contributed by atoms with E-state index in [-0.39, 0.29) is 0 Å². The van der Waals surface area contributed by atoms with Gasteiger partial charge in [0.2, 0.25) is 0 Å². The van der Waals surface area contributed by atoms with Gasteiger partial charge in [-0.2, -0.15) is 0 Å². The van der Waals surface area contributed by atoms with Gasteiger partial charge in [0.15, 0.2) is 0 Å². The fraction of sp³-hybridized carbons (Fsp3) is 0.211. The Morgan fingerprint density at radius 3 is 2.25 bits per heavy atom. The minimum Gasteiger partial charge on any atom is -0.248 e. The van der Waals surface area contributed by atoms with Gasteiger partial charge in [0.1, 0.15) is 0 Å². The lowest BCUT2D eigenvalue weighted by molar-refractivity contribution is 1.29. The van der Waals surface area contributed by atoms with Gasteiger partial charge in [0, 0.05) is 10.9 Å². The first-order valence-corrected chi connectivity index (χ1v) is 7.00. The van der Waals surface area contributed by atoms with E-state index in [1.807, 2.05) is 0 Å². The maximum absolute atomic E-state index is 4.86. The van der Waals surface area contributed by atoms with Gasteiger partial charge in [0.25, 0.3) is 0 Å². The van der Waals surface area contributed by atoms with Gasteiger partial charge in [-0.15, -0.1) is 0 Å². The molecule has 1 aromatic heterocycles. The highest BCUT2D eigenvalue weighted by Crippen LogP contribution is 2.27. The molecule has 0 aliphatic carbocycles. The second kappa shape index (κ2) is 4.75. The fourth-order valence-corrected chi connectivity index (χ4v) is 2.58. The summed E-state index contributed by atoms with van der Waals surface area (Å²) in [5, 5.41) is 1.22. The molecule has 1 heterocycles. The number of aryl methyl sites for hydroxylation is 4. The van der Waals surface area contributed by atoms with Gasteiger partial charge in [0.05, 0.1) is 11.2 Å². The molecule has 1 heteroatoms. The molecule has 0 unspecified atom stereocenters. The molecule has 0 saturated heterocycles. The zero-order valence-corrected chi connectivity index (χ0v) is 12.5. The summed E-state index contributed by atoms with van der Waals surface area (Å²) in [6, 6.07) is 15.2. The molecule has 0 saturated carbocycles. The second-order valence-corrected chi connectivity index (χ2v) is 5.65. The Kier molecular flexibility index (Phi) is 3.06. The van der Waals surface area contributed by atoms with Crippen LogP contribution in [0, 0.1) is 27.7 Å². The fourth-order valence-electron chi connectivity index (χ4n) is 2.58. The maximum atomic E-state index is 4.86. The van der Waals surface area contributed by atoms with E-state index >= 15 is 0 Å². The van der Waals surface area contributed by atoms with Gasteiger partial charge < -0.3 is 0 Å². The van der Waals surface area contributed by atoms with Crippen LogP contribution in [0.4, 0.5) is 0 Å². The largest absolute Gasteiger partial charge is 0.248 e. The van der Waals surface area contributed by atoms with Crippen molar-refractivity contribution < 1.29 is 0 Å². The van der Waals surface area contributed by atoms with Gasteiger partial charge in [-0.05, 0) is 68.7 Å². The molecular weight excluding hydrogens is 242 g/mol. The van der Waals surface area contributed by atoms with E-state index in [4.69, 9.17) is 4.98 Å². The summed E-state index contributed by atoms with van der Waals surface area (Å²) in [4.78, 5) is 4.86. The van der Waals surface area contributed by atoms with Crippen molar-refractivity contribution in [2.75, 3.05) is 0 Å². The Hall–Kier alpha value is -2.15. The predicted octanol–water partition coefficient (Wildman–Crippen LogP) is 5.14. The SMILES string of the molecule is Cc1ccc2nc(-c3ccc(C)c(C)c3)c(C)cc2c1. The van der Waals surface area contributed by atoms with Crippen LogP contribution in [0.1, 0.15) is 22.3 Å². The summed E-state index contributed by atoms with van der Waals surface area (Å²) in [5.41, 5.74) is 8.49. The van der Waals surface area contributed by atoms with Gasteiger partial charge in [-0.1, -0.05) is 23.8 Å². The summed E-state index contributed by atoms with van der Waals surface area (Å²) in [5.74, 6) is 0. The first-order chi connectivity index (χ1) is 9.54. The Morgan fingerprint density at radius 1 is 0.700 bits per heavy atom. The summed E-state index contributed by atoms with van der Waals surface area (Å²) in [6.07, 6.45) is 0. The van der Waals surface area contributed by atoms with Crippen molar-refractivity contribution in [2.24, 2.45) is 0 Å². The molecule has 20 heavy (non-hydrogen) atoms. The monoisotopic (exact) mass is 261 g/mol. The molecule has 0 N–H and O–H groups in total. The van der Waals surface area contributed by atoms with E-state index < -0.39 is 0 Å². The number of nitrogens with zero attached hydrogens (tertiary/aromatic N) is 1. The van der Waals surface area contributed by atoms with Crippen LogP contribution in [0.25, 0.3) is 22.2 Å². The number of hydrogen-bond donors (Lipinski definition) is 0. The number of rotatable bonds is 1. The third-order valence-electron chi connectivity index (χ3n) is 3.94. The van der Waals surface area contributed by atoms with E-state index in [1.54, 1.807) is 0 Å². The Balaban J connectivity index is 2.22. The molecule has 0 amide bonds. The van der Waals surface area contributed by atoms with E-state index in [9.17, 15) is 0 Å². The van der Waals surface area contributed by atoms with Crippen molar-refractivity contribution in [3.05, 3.63) is 64.7 Å². The van der Waals surface area contributed by atoms with Crippen LogP contribution in [0.2, 0.25) is 0 Å². The summed E-state index contributed by atoms with van der Waals surface area (Å²) in [7, 11) is 0. The highest BCUT2D eigenvalue weighted by molar-refractivity contribution is 5.84. The van der Waals surface area contributed by atoms with E-state index in [2.05, 4.69) is 70.2 Å². The number of hydrogen-bond acceptors (Lipinski definition) is 1. The van der Waals surface area contributed by atoms with Crippen LogP contribution >= 0.6 is 0 Å². The summed E-state index contributed by atoms with van der Waals surface area (Å²) in [6.45, 7) is 8.55. The Bertz CT molecular complexity index is 800. The lowest BCUT2D eigenvalue weighted by atomic mass is 10.00. The molecule has 100 valence electrons. The molecule has 2 aromatic carbocycles. The smallest absolute Gasteiger partial charge is 0.0738 e. The molecule has 0 aliphatic rings. The molecule has 0 aliphatic heterocycles. The third kappa shape index (κ3) is 2.20. The van der Waals surface area contributed by atoms with Crippen LogP contribution in [0.5, 0.6) is 0 Å². The third-order valence-corrected chi connectivity index (χ3v) is 3.94. The molecule has 0 radical (unpaired) electrons. The first kappa shape index (κ1) is 12.9. The Morgan fingerprint density at radius 2 is 1.50 bits per heavy atom. The van der Waals surface area contributed by atoms with Crippen LogP contribution in [0.3, 0.4) is 0 Å². The number of pyridine rings is 1. The predicted molar refractivity (Wildman–Crippen MR) is 86.1 cm³/mol. The quantitative estimate of drug-likeness (QED) is 0.591. The Labute approximate surface area is 120 Å². The zero-order valence-electron chi connectivity index (χ0n) is 12.5. The molecule has 1 nitrogen and oxygen atoms in total. The standard InChI is InChI=1S/C19H19N/c1-12-5-8-18-17(9-12)11-15(4)19(20-18)16-7-6-13(2)14(3)10-16/h5-11H,1-4H3. The maximum Gasteiger partial charge on any atom is 0.0738 e. The number of benzene rings is 2. The first-order valence-electron chi connectivity index (χ1n) is 7.00. The van der Waals surface area contributed by atoms with Gasteiger partial charge >= 0.3 is 0 Å². The van der Waals surface area contributed by atoms with Crippen LogP contribution in [-0.4, -0.2) is 4.98 Å². The molecule has 3 rings (SSSR count). The van der Waals surface area contributed by atoms with Crippen molar-refractivity contribution in [3.8, 4) is 11.3 Å². The second-order valence-electron chi connectivity index (χ2n) is 5.65. The molecular formula is C19H19N. The molecule has 0 spiro atoms. The van der Waals surface area contributed by atoms with Gasteiger partial charge in [-0.3, -0.25) is 0 Å². The molecule has 3 aromatic rings. The van der Waals surface area contributed by atoms with Crippen LogP contribution < -0.4 is 0 Å². The van der Waals surface area contributed by atoms with Crippen molar-refractivity contribution >= 4 is 10.9 Å². The number of aromatic nitrogens is 1. The normalized spacial score (nSPS) is 11.0. The summed E-state index contributed by atoms with van der Waals surface area (Å²) < 4.78 is 0. The molecule has 0 bridgehead atoms. The van der Waals surface area contributed by atoms with Crippen LogP contribution in [0.15, 0.2) is 42.5 Å². The van der Waals surface area contributed by atoms with E-state index in [1.165, 1.54) is 33.2 Å². The zero-order chi connectivity index (χ0) is 14.3. The van der Waals surface area contributed by atoms with Crippen molar-refractivity contribution in [1.29, 1.82) is 0 Å². The average molecular weight is 261 g/mol. The van der Waals surface area contributed by atoms with Crippen molar-refractivity contribution in [2.45, 2.75) is 27.7 Å². The summed E-state index contributed by atoms with van der Waals surface area (Å²) >= 11 is 0. The van der Waals surface area contributed by atoms with Crippen LogP contribution in [-0.2, 0) is 0 Å². The highest BCUT2D eigenvalue weighted by Gasteiger charge is 2.07. The van der Waals surface area contributed by atoms with E-state index in [0.717, 1.165) is 11.2 Å². The average Bonchev–Trinajstić information content (AvgIpc) is 2.41. The molecule has 0 atom stereocenters. The van der Waals surface area contributed by atoms with Crippen molar-refractivity contribution in [1.82, 2.24) is 4.98 Å². The number of fused-ring (bicyclic) bond motifs is 1. The topological polar surface area (TPSA) is 12.9 Å². The minimum absolute atomic E-state index is 1.06. The van der Waals surface area contributed by atoms with E-state index in [0.29, 0.717) is 0 Å². The lowest BCUT2D eigenvalue weighted by Crippen LogP contribution is -1.92. The van der Waals surface area contributed by atoms with Gasteiger partial charge in [-0.25, -0.2) is 4.98 Å². The minimum atomic E-state index is 1.06. The molecule has 0 fully saturated rings. The highest BCUT2D eigenvalue weighted by atomic mass is 14.7. The van der Waals surface area contributed by atoms with Crippen molar-refractivity contribution in [3.63, 3.8) is 0 Å². The lowest BCUT2D eigenvalue weighted by Gasteiger charge is -2.10.